The van der Waals surface area contributed by atoms with E-state index in [0.29, 0.717) is 12.0 Å². The standard InChI is InChI=1S/C22H27NO2/c1-22(2,25)8-7-15-3-5-19(6-4-15)21(24)23-14-18-10-16-9-17(11-18)13-20(23)12-16/h3-6,16-18,20,25H,9-14H2,1-2H3. The van der Waals surface area contributed by atoms with Gasteiger partial charge in [-0.1, -0.05) is 11.8 Å². The van der Waals surface area contributed by atoms with Crippen LogP contribution in [-0.2, 0) is 0 Å². The molecule has 4 fully saturated rings. The summed E-state index contributed by atoms with van der Waals surface area (Å²) in [6, 6.07) is 7.97. The van der Waals surface area contributed by atoms with E-state index in [4.69, 9.17) is 0 Å². The predicted octanol–water partition coefficient (Wildman–Crippen LogP) is 3.46. The fraction of sp³-hybridized carbons (Fsp3) is 0.591. The van der Waals surface area contributed by atoms with Crippen molar-refractivity contribution in [3.8, 4) is 11.8 Å². The number of nitrogens with zero attached hydrogens (tertiary/aromatic N) is 1. The topological polar surface area (TPSA) is 40.5 Å². The maximum Gasteiger partial charge on any atom is 0.254 e. The van der Waals surface area contributed by atoms with E-state index >= 15 is 0 Å². The fourth-order valence-electron chi connectivity index (χ4n) is 5.12. The third-order valence-corrected chi connectivity index (χ3v) is 6.01. The Labute approximate surface area is 150 Å². The molecule has 0 radical (unpaired) electrons. The van der Waals surface area contributed by atoms with E-state index in [0.717, 1.165) is 29.5 Å². The molecular formula is C22H27NO2. The van der Waals surface area contributed by atoms with Crippen molar-refractivity contribution in [1.29, 1.82) is 0 Å². The van der Waals surface area contributed by atoms with Gasteiger partial charge in [0.25, 0.3) is 5.91 Å². The first-order valence-electron chi connectivity index (χ1n) is 9.54. The average molecular weight is 337 g/mol. The molecule has 2 aliphatic carbocycles. The lowest BCUT2D eigenvalue weighted by molar-refractivity contribution is 0.0632. The zero-order chi connectivity index (χ0) is 17.6. The molecule has 5 rings (SSSR count). The van der Waals surface area contributed by atoms with Gasteiger partial charge in [0.2, 0.25) is 0 Å². The number of aliphatic hydroxyl groups is 1. The van der Waals surface area contributed by atoms with Crippen molar-refractivity contribution < 1.29 is 9.90 Å². The summed E-state index contributed by atoms with van der Waals surface area (Å²) in [5.41, 5.74) is 0.586. The van der Waals surface area contributed by atoms with Crippen LogP contribution >= 0.6 is 0 Å². The third-order valence-electron chi connectivity index (χ3n) is 6.01. The smallest absolute Gasteiger partial charge is 0.254 e. The maximum absolute atomic E-state index is 13.1. The Morgan fingerprint density at radius 1 is 1.04 bits per heavy atom. The van der Waals surface area contributed by atoms with Crippen molar-refractivity contribution in [3.05, 3.63) is 35.4 Å². The van der Waals surface area contributed by atoms with Gasteiger partial charge in [0.05, 0.1) is 0 Å². The van der Waals surface area contributed by atoms with Gasteiger partial charge in [-0.2, -0.15) is 0 Å². The van der Waals surface area contributed by atoms with Gasteiger partial charge in [-0.15, -0.1) is 0 Å². The van der Waals surface area contributed by atoms with Crippen LogP contribution in [0.5, 0.6) is 0 Å². The van der Waals surface area contributed by atoms with Crippen molar-refractivity contribution in [2.75, 3.05) is 6.54 Å². The number of amides is 1. The second kappa shape index (κ2) is 6.18. The Bertz CT molecular complexity index is 705. The first-order chi connectivity index (χ1) is 11.9. The minimum Gasteiger partial charge on any atom is -0.378 e. The molecule has 25 heavy (non-hydrogen) atoms. The number of hydrogen-bond acceptors (Lipinski definition) is 2. The molecule has 4 aliphatic rings. The first kappa shape index (κ1) is 16.7. The lowest BCUT2D eigenvalue weighted by Gasteiger charge is -2.39. The number of hydrogen-bond donors (Lipinski definition) is 1. The molecule has 4 bridgehead atoms. The molecule has 2 saturated carbocycles. The summed E-state index contributed by atoms with van der Waals surface area (Å²) in [6.07, 6.45) is 6.44. The van der Waals surface area contributed by atoms with E-state index in [1.165, 1.54) is 32.1 Å². The second-order valence-electron chi connectivity index (χ2n) is 8.77. The lowest BCUT2D eigenvalue weighted by atomic mass is 9.68. The van der Waals surface area contributed by atoms with Crippen molar-refractivity contribution in [1.82, 2.24) is 4.90 Å². The van der Waals surface area contributed by atoms with Gasteiger partial charge < -0.3 is 10.0 Å². The van der Waals surface area contributed by atoms with Crippen LogP contribution in [0.15, 0.2) is 24.3 Å². The van der Waals surface area contributed by atoms with Crippen LogP contribution in [0.1, 0.15) is 61.9 Å². The lowest BCUT2D eigenvalue weighted by Crippen LogP contribution is -2.42. The molecule has 1 aromatic rings. The average Bonchev–Trinajstić information content (AvgIpc) is 2.76. The molecule has 2 unspecified atom stereocenters. The fourth-order valence-corrected chi connectivity index (χ4v) is 5.12. The van der Waals surface area contributed by atoms with E-state index in [9.17, 15) is 9.90 Å². The van der Waals surface area contributed by atoms with E-state index in [2.05, 4.69) is 16.7 Å². The SMILES string of the molecule is CC(C)(O)C#Cc1ccc(C(=O)N2CC3CC4CC(C3)CC2C4)cc1. The van der Waals surface area contributed by atoms with Gasteiger partial charge in [0.15, 0.2) is 0 Å². The highest BCUT2D eigenvalue weighted by atomic mass is 16.3. The molecule has 1 N–H and O–H groups in total. The summed E-state index contributed by atoms with van der Waals surface area (Å²) in [5, 5.41) is 9.70. The third kappa shape index (κ3) is 3.60. The van der Waals surface area contributed by atoms with Crippen molar-refractivity contribution in [2.24, 2.45) is 17.8 Å². The van der Waals surface area contributed by atoms with E-state index in [1.807, 2.05) is 24.3 Å². The Morgan fingerprint density at radius 3 is 2.24 bits per heavy atom. The van der Waals surface area contributed by atoms with E-state index in [-0.39, 0.29) is 5.91 Å². The second-order valence-corrected chi connectivity index (χ2v) is 8.77. The summed E-state index contributed by atoms with van der Waals surface area (Å²) in [4.78, 5) is 15.3. The van der Waals surface area contributed by atoms with Gasteiger partial charge in [0, 0.05) is 23.7 Å². The summed E-state index contributed by atoms with van der Waals surface area (Å²) < 4.78 is 0. The molecule has 0 aromatic heterocycles. The van der Waals surface area contributed by atoms with Gasteiger partial charge >= 0.3 is 0 Å². The molecular weight excluding hydrogens is 310 g/mol. The maximum atomic E-state index is 13.1. The van der Waals surface area contributed by atoms with Crippen LogP contribution in [0.25, 0.3) is 0 Å². The molecule has 1 aromatic carbocycles. The molecule has 2 atom stereocenters. The van der Waals surface area contributed by atoms with Crippen LogP contribution < -0.4 is 0 Å². The molecule has 1 amide bonds. The zero-order valence-electron chi connectivity index (χ0n) is 15.2. The number of carbonyl (C=O) groups excluding carboxylic acids is 1. The van der Waals surface area contributed by atoms with Crippen molar-refractivity contribution >= 4 is 5.91 Å². The first-order valence-corrected chi connectivity index (χ1v) is 9.54. The van der Waals surface area contributed by atoms with Gasteiger partial charge in [-0.25, -0.2) is 0 Å². The zero-order valence-corrected chi connectivity index (χ0v) is 15.2. The number of benzene rings is 1. The van der Waals surface area contributed by atoms with Crippen LogP contribution in [0.2, 0.25) is 0 Å². The van der Waals surface area contributed by atoms with E-state index in [1.54, 1.807) is 13.8 Å². The molecule has 3 heteroatoms. The van der Waals surface area contributed by atoms with Crippen molar-refractivity contribution in [2.45, 2.75) is 57.6 Å². The van der Waals surface area contributed by atoms with Gasteiger partial charge in [-0.3, -0.25) is 4.79 Å². The molecule has 2 aliphatic heterocycles. The summed E-state index contributed by atoms with van der Waals surface area (Å²) in [5.74, 6) is 8.35. The summed E-state index contributed by atoms with van der Waals surface area (Å²) >= 11 is 0. The minimum atomic E-state index is -1.00. The number of carbonyl (C=O) groups is 1. The monoisotopic (exact) mass is 337 g/mol. The van der Waals surface area contributed by atoms with Crippen LogP contribution in [0.3, 0.4) is 0 Å². The summed E-state index contributed by atoms with van der Waals surface area (Å²) in [6.45, 7) is 4.27. The highest BCUT2D eigenvalue weighted by molar-refractivity contribution is 5.94. The Kier molecular flexibility index (Phi) is 4.12. The van der Waals surface area contributed by atoms with E-state index < -0.39 is 5.60 Å². The van der Waals surface area contributed by atoms with Crippen LogP contribution in [-0.4, -0.2) is 34.1 Å². The van der Waals surface area contributed by atoms with Gasteiger partial charge in [0.1, 0.15) is 5.60 Å². The Hall–Kier alpha value is -1.79. The number of rotatable bonds is 1. The van der Waals surface area contributed by atoms with Crippen LogP contribution in [0.4, 0.5) is 0 Å². The molecule has 2 saturated heterocycles. The summed E-state index contributed by atoms with van der Waals surface area (Å²) in [7, 11) is 0. The highest BCUT2D eigenvalue weighted by Gasteiger charge is 2.44. The molecule has 2 heterocycles. The largest absolute Gasteiger partial charge is 0.378 e. The molecule has 0 spiro atoms. The van der Waals surface area contributed by atoms with Crippen LogP contribution in [0, 0.1) is 29.6 Å². The normalized spacial score (nSPS) is 30.6. The Morgan fingerprint density at radius 2 is 1.64 bits per heavy atom. The highest BCUT2D eigenvalue weighted by Crippen LogP contribution is 2.47. The molecule has 132 valence electrons. The quantitative estimate of drug-likeness (QED) is 0.797. The van der Waals surface area contributed by atoms with Crippen molar-refractivity contribution in [3.63, 3.8) is 0 Å². The van der Waals surface area contributed by atoms with Gasteiger partial charge in [-0.05, 0) is 88.0 Å². The minimum absolute atomic E-state index is 0.181. The predicted molar refractivity (Wildman–Crippen MR) is 98.0 cm³/mol. The molecule has 3 nitrogen and oxygen atoms in total. The Balaban J connectivity index is 1.52. The number of fused-ring (bicyclic) bond motifs is 1.